The van der Waals surface area contributed by atoms with Crippen LogP contribution in [0.1, 0.15) is 11.1 Å². The zero-order chi connectivity index (χ0) is 19.7. The first kappa shape index (κ1) is 18.3. The molecule has 138 valence electrons. The van der Waals surface area contributed by atoms with Crippen molar-refractivity contribution in [2.75, 3.05) is 4.90 Å². The molecule has 3 nitrogen and oxygen atoms in total. The van der Waals surface area contributed by atoms with Crippen molar-refractivity contribution in [2.24, 2.45) is 4.99 Å². The van der Waals surface area contributed by atoms with Crippen LogP contribution < -0.4 is 4.90 Å². The molecule has 1 amide bonds. The van der Waals surface area contributed by atoms with Crippen LogP contribution in [-0.4, -0.2) is 11.7 Å². The highest BCUT2D eigenvalue weighted by Gasteiger charge is 2.32. The minimum Gasteiger partial charge on any atom is -0.266 e. The lowest BCUT2D eigenvalue weighted by Gasteiger charge is -2.18. The fraction of sp³-hybridized carbons (Fsp3) is 0. The summed E-state index contributed by atoms with van der Waals surface area (Å²) in [5, 5.41) is 0. The van der Waals surface area contributed by atoms with Crippen LogP contribution in [0.25, 0.3) is 6.08 Å². The Balaban J connectivity index is 1.84. The van der Waals surface area contributed by atoms with Crippen molar-refractivity contribution < 1.29 is 13.6 Å². The molecule has 1 aliphatic rings. The number of halogens is 3. The highest BCUT2D eigenvalue weighted by molar-refractivity contribution is 9.10. The van der Waals surface area contributed by atoms with Crippen LogP contribution in [0.4, 0.5) is 14.5 Å². The number of aliphatic imine (C=N–C) groups is 1. The van der Waals surface area contributed by atoms with Crippen molar-refractivity contribution in [1.29, 1.82) is 0 Å². The fourth-order valence-electron chi connectivity index (χ4n) is 2.88. The molecule has 0 N–H and O–H groups in total. The molecule has 3 aromatic carbocycles. The van der Waals surface area contributed by atoms with Gasteiger partial charge in [0.15, 0.2) is 0 Å². The zero-order valence-electron chi connectivity index (χ0n) is 14.4. The number of hydrogen-bond acceptors (Lipinski definition) is 2. The number of amidine groups is 1. The maximum Gasteiger partial charge on any atom is 0.282 e. The van der Waals surface area contributed by atoms with Gasteiger partial charge in [0.1, 0.15) is 23.2 Å². The summed E-state index contributed by atoms with van der Waals surface area (Å²) < 4.78 is 28.3. The molecule has 0 spiro atoms. The molecule has 0 aromatic heterocycles. The maximum atomic E-state index is 14.0. The molecule has 0 aliphatic carbocycles. The molecule has 0 atom stereocenters. The van der Waals surface area contributed by atoms with E-state index in [-0.39, 0.29) is 11.3 Å². The summed E-state index contributed by atoms with van der Waals surface area (Å²) in [4.78, 5) is 18.9. The third-order valence-electron chi connectivity index (χ3n) is 4.25. The summed E-state index contributed by atoms with van der Waals surface area (Å²) in [6.45, 7) is 0. The van der Waals surface area contributed by atoms with Crippen molar-refractivity contribution in [2.45, 2.75) is 0 Å². The van der Waals surface area contributed by atoms with Crippen LogP contribution in [0, 0.1) is 11.6 Å². The molecule has 6 heteroatoms. The van der Waals surface area contributed by atoms with E-state index in [1.807, 2.05) is 24.3 Å². The molecule has 0 radical (unpaired) electrons. The minimum atomic E-state index is -0.441. The van der Waals surface area contributed by atoms with Gasteiger partial charge >= 0.3 is 0 Å². The number of rotatable bonds is 3. The van der Waals surface area contributed by atoms with Gasteiger partial charge in [0.05, 0.1) is 5.69 Å². The minimum absolute atomic E-state index is 0.104. The molecule has 0 bridgehead atoms. The first-order valence-corrected chi connectivity index (χ1v) is 9.23. The number of carbonyl (C=O) groups excluding carboxylic acids is 1. The third kappa shape index (κ3) is 3.51. The molecule has 1 aliphatic heterocycles. The van der Waals surface area contributed by atoms with Gasteiger partial charge in [-0.15, -0.1) is 0 Å². The number of carbonyl (C=O) groups is 1. The Morgan fingerprint density at radius 2 is 1.57 bits per heavy atom. The van der Waals surface area contributed by atoms with E-state index in [1.165, 1.54) is 41.3 Å². The summed E-state index contributed by atoms with van der Waals surface area (Å²) in [5.41, 5.74) is 1.56. The quantitative estimate of drug-likeness (QED) is 0.492. The number of amides is 1. The second kappa shape index (κ2) is 7.48. The van der Waals surface area contributed by atoms with Gasteiger partial charge in [0, 0.05) is 15.6 Å². The first-order chi connectivity index (χ1) is 13.5. The largest absolute Gasteiger partial charge is 0.282 e. The molecule has 4 rings (SSSR count). The molecule has 0 unspecified atom stereocenters. The third-order valence-corrected chi connectivity index (χ3v) is 4.77. The van der Waals surface area contributed by atoms with Crippen molar-refractivity contribution >= 4 is 39.4 Å². The van der Waals surface area contributed by atoms with Gasteiger partial charge in [-0.3, -0.25) is 9.69 Å². The summed E-state index contributed by atoms with van der Waals surface area (Å²) in [6, 6.07) is 19.0. The molecule has 28 heavy (non-hydrogen) atoms. The molecule has 3 aromatic rings. The second-order valence-electron chi connectivity index (χ2n) is 6.11. The van der Waals surface area contributed by atoms with Gasteiger partial charge in [-0.2, -0.15) is 0 Å². The molecule has 0 fully saturated rings. The van der Waals surface area contributed by atoms with Crippen LogP contribution in [0.15, 0.2) is 88.0 Å². The van der Waals surface area contributed by atoms with E-state index >= 15 is 0 Å². The Labute approximate surface area is 168 Å². The van der Waals surface area contributed by atoms with Crippen LogP contribution >= 0.6 is 15.9 Å². The maximum absolute atomic E-state index is 14.0. The Hall–Kier alpha value is -3.12. The van der Waals surface area contributed by atoms with E-state index in [1.54, 1.807) is 18.2 Å². The summed E-state index contributed by atoms with van der Waals surface area (Å²) in [5.74, 6) is -0.859. The predicted molar refractivity (Wildman–Crippen MR) is 109 cm³/mol. The van der Waals surface area contributed by atoms with Gasteiger partial charge in [0.2, 0.25) is 0 Å². The van der Waals surface area contributed by atoms with Gasteiger partial charge in [0.25, 0.3) is 5.91 Å². The highest BCUT2D eigenvalue weighted by atomic mass is 79.9. The standard InChI is InChI=1S/C22H13BrF2N2O/c23-16-7-5-14(6-8-16)21-26-20(13-15-3-1-2-4-19(15)25)22(28)27(21)18-11-9-17(24)10-12-18/h1-13H/b20-13-. The fourth-order valence-corrected chi connectivity index (χ4v) is 3.14. The topological polar surface area (TPSA) is 32.7 Å². The molecule has 0 saturated carbocycles. The average molecular weight is 439 g/mol. The molecular weight excluding hydrogens is 426 g/mol. The van der Waals surface area contributed by atoms with E-state index in [9.17, 15) is 13.6 Å². The van der Waals surface area contributed by atoms with Gasteiger partial charge < -0.3 is 0 Å². The van der Waals surface area contributed by atoms with Gasteiger partial charge in [-0.1, -0.05) is 46.3 Å². The Bertz CT molecular complexity index is 1110. The van der Waals surface area contributed by atoms with Crippen LogP contribution in [0.5, 0.6) is 0 Å². The van der Waals surface area contributed by atoms with Crippen molar-refractivity contribution in [3.8, 4) is 0 Å². The highest BCUT2D eigenvalue weighted by Crippen LogP contribution is 2.29. The van der Waals surface area contributed by atoms with Crippen molar-refractivity contribution in [3.05, 3.63) is 106 Å². The summed E-state index contributed by atoms with van der Waals surface area (Å²) in [6.07, 6.45) is 1.42. The lowest BCUT2D eigenvalue weighted by molar-refractivity contribution is -0.113. The zero-order valence-corrected chi connectivity index (χ0v) is 16.0. The van der Waals surface area contributed by atoms with Crippen LogP contribution in [0.2, 0.25) is 0 Å². The van der Waals surface area contributed by atoms with E-state index in [4.69, 9.17) is 0 Å². The average Bonchev–Trinajstić information content (AvgIpc) is 3.01. The normalized spacial score (nSPS) is 15.2. The lowest BCUT2D eigenvalue weighted by atomic mass is 10.1. The number of anilines is 1. The number of nitrogens with zero attached hydrogens (tertiary/aromatic N) is 2. The Morgan fingerprint density at radius 1 is 0.893 bits per heavy atom. The van der Waals surface area contributed by atoms with E-state index in [2.05, 4.69) is 20.9 Å². The Kier molecular flexibility index (Phi) is 4.88. The molecular formula is C22H13BrF2N2O. The number of hydrogen-bond donors (Lipinski definition) is 0. The predicted octanol–water partition coefficient (Wildman–Crippen LogP) is 5.56. The number of benzene rings is 3. The van der Waals surface area contributed by atoms with E-state index < -0.39 is 17.5 Å². The smallest absolute Gasteiger partial charge is 0.266 e. The Morgan fingerprint density at radius 3 is 2.25 bits per heavy atom. The monoisotopic (exact) mass is 438 g/mol. The van der Waals surface area contributed by atoms with Gasteiger partial charge in [-0.05, 0) is 48.5 Å². The van der Waals surface area contributed by atoms with Crippen molar-refractivity contribution in [1.82, 2.24) is 0 Å². The lowest BCUT2D eigenvalue weighted by Crippen LogP contribution is -2.32. The van der Waals surface area contributed by atoms with Gasteiger partial charge in [-0.25, -0.2) is 13.8 Å². The van der Waals surface area contributed by atoms with E-state index in [0.717, 1.165) is 4.47 Å². The molecule has 1 heterocycles. The van der Waals surface area contributed by atoms with Crippen molar-refractivity contribution in [3.63, 3.8) is 0 Å². The first-order valence-electron chi connectivity index (χ1n) is 8.44. The van der Waals surface area contributed by atoms with Crippen LogP contribution in [0.3, 0.4) is 0 Å². The van der Waals surface area contributed by atoms with Crippen LogP contribution in [-0.2, 0) is 4.79 Å². The molecule has 0 saturated heterocycles. The van der Waals surface area contributed by atoms with E-state index in [0.29, 0.717) is 17.1 Å². The second-order valence-corrected chi connectivity index (χ2v) is 7.03. The summed E-state index contributed by atoms with van der Waals surface area (Å²) >= 11 is 3.38. The summed E-state index contributed by atoms with van der Waals surface area (Å²) in [7, 11) is 0. The SMILES string of the molecule is O=C1/C(=C/c2ccccc2F)N=C(c2ccc(Br)cc2)N1c1ccc(F)cc1.